The van der Waals surface area contributed by atoms with E-state index < -0.39 is 17.6 Å². The first kappa shape index (κ1) is 15.4. The Morgan fingerprint density at radius 3 is 2.33 bits per heavy atom. The van der Waals surface area contributed by atoms with Gasteiger partial charge in [0.1, 0.15) is 11.6 Å². The SMILES string of the molecule is CCC(C)C(C(=O)c1ccc(F)cc1F)c1ccccc1. The highest BCUT2D eigenvalue weighted by Gasteiger charge is 2.28. The smallest absolute Gasteiger partial charge is 0.173 e. The normalized spacial score (nSPS) is 13.7. The molecule has 21 heavy (non-hydrogen) atoms. The van der Waals surface area contributed by atoms with Gasteiger partial charge in [0.15, 0.2) is 5.78 Å². The van der Waals surface area contributed by atoms with Crippen molar-refractivity contribution in [2.24, 2.45) is 5.92 Å². The molecule has 2 aromatic carbocycles. The summed E-state index contributed by atoms with van der Waals surface area (Å²) in [6.07, 6.45) is 0.800. The molecule has 0 N–H and O–H groups in total. The summed E-state index contributed by atoms with van der Waals surface area (Å²) in [4.78, 5) is 12.7. The Balaban J connectivity index is 2.44. The summed E-state index contributed by atoms with van der Waals surface area (Å²) in [5.41, 5.74) is 0.811. The van der Waals surface area contributed by atoms with E-state index in [-0.39, 0.29) is 17.3 Å². The topological polar surface area (TPSA) is 17.1 Å². The molecule has 1 nitrogen and oxygen atoms in total. The van der Waals surface area contributed by atoms with Gasteiger partial charge in [-0.25, -0.2) is 8.78 Å². The van der Waals surface area contributed by atoms with E-state index in [0.29, 0.717) is 0 Å². The van der Waals surface area contributed by atoms with E-state index >= 15 is 0 Å². The molecule has 0 aliphatic rings. The van der Waals surface area contributed by atoms with Gasteiger partial charge in [0, 0.05) is 6.07 Å². The molecule has 0 aliphatic heterocycles. The van der Waals surface area contributed by atoms with Gasteiger partial charge in [-0.2, -0.15) is 0 Å². The lowest BCUT2D eigenvalue weighted by molar-refractivity contribution is 0.0928. The monoisotopic (exact) mass is 288 g/mol. The van der Waals surface area contributed by atoms with E-state index in [1.807, 2.05) is 44.2 Å². The predicted molar refractivity (Wildman–Crippen MR) is 79.3 cm³/mol. The summed E-state index contributed by atoms with van der Waals surface area (Å²) in [5.74, 6) is -2.12. The van der Waals surface area contributed by atoms with Gasteiger partial charge in [-0.1, -0.05) is 50.6 Å². The number of benzene rings is 2. The highest BCUT2D eigenvalue weighted by molar-refractivity contribution is 6.01. The van der Waals surface area contributed by atoms with Crippen LogP contribution in [0.2, 0.25) is 0 Å². The number of carbonyl (C=O) groups excluding carboxylic acids is 1. The first-order chi connectivity index (χ1) is 10.0. The van der Waals surface area contributed by atoms with Gasteiger partial charge in [-0.15, -0.1) is 0 Å². The Morgan fingerprint density at radius 1 is 1.10 bits per heavy atom. The van der Waals surface area contributed by atoms with Crippen LogP contribution in [0.15, 0.2) is 48.5 Å². The van der Waals surface area contributed by atoms with Crippen molar-refractivity contribution < 1.29 is 13.6 Å². The summed E-state index contributed by atoms with van der Waals surface area (Å²) in [7, 11) is 0. The molecule has 110 valence electrons. The van der Waals surface area contributed by atoms with Crippen LogP contribution < -0.4 is 0 Å². The number of Topliss-reactive ketones (excluding diaryl/α,β-unsaturated/α-hetero) is 1. The van der Waals surface area contributed by atoms with Crippen molar-refractivity contribution >= 4 is 5.78 Å². The van der Waals surface area contributed by atoms with Crippen LogP contribution >= 0.6 is 0 Å². The third-order valence-electron chi connectivity index (χ3n) is 3.85. The Hall–Kier alpha value is -2.03. The Bertz CT molecular complexity index is 622. The number of rotatable bonds is 5. The van der Waals surface area contributed by atoms with Crippen molar-refractivity contribution in [2.75, 3.05) is 0 Å². The molecule has 0 amide bonds. The van der Waals surface area contributed by atoms with Gasteiger partial charge in [0.2, 0.25) is 0 Å². The van der Waals surface area contributed by atoms with Gasteiger partial charge >= 0.3 is 0 Å². The lowest BCUT2D eigenvalue weighted by Gasteiger charge is -2.22. The molecule has 2 aromatic rings. The molecule has 2 rings (SSSR count). The van der Waals surface area contributed by atoms with Crippen LogP contribution in [0.1, 0.15) is 42.1 Å². The zero-order valence-electron chi connectivity index (χ0n) is 12.1. The van der Waals surface area contributed by atoms with E-state index in [2.05, 4.69) is 0 Å². The van der Waals surface area contributed by atoms with Crippen LogP contribution in [-0.2, 0) is 0 Å². The van der Waals surface area contributed by atoms with Crippen LogP contribution in [0.5, 0.6) is 0 Å². The lowest BCUT2D eigenvalue weighted by atomic mass is 9.80. The molecule has 3 heteroatoms. The molecule has 0 bridgehead atoms. The first-order valence-electron chi connectivity index (χ1n) is 7.08. The number of hydrogen-bond donors (Lipinski definition) is 0. The minimum absolute atomic E-state index is 0.0504. The third kappa shape index (κ3) is 3.35. The standard InChI is InChI=1S/C18H18F2O/c1-3-12(2)17(13-7-5-4-6-8-13)18(21)15-10-9-14(19)11-16(15)20/h4-12,17H,3H2,1-2H3. The maximum atomic E-state index is 13.9. The maximum absolute atomic E-state index is 13.9. The number of ketones is 1. The molecule has 0 spiro atoms. The highest BCUT2D eigenvalue weighted by Crippen LogP contribution is 2.31. The fraction of sp³-hybridized carbons (Fsp3) is 0.278. The second kappa shape index (κ2) is 6.61. The summed E-state index contributed by atoms with van der Waals surface area (Å²) in [6, 6.07) is 12.4. The Labute approximate surface area is 123 Å². The summed E-state index contributed by atoms with van der Waals surface area (Å²) in [6.45, 7) is 3.96. The number of carbonyl (C=O) groups is 1. The molecule has 0 saturated heterocycles. The quantitative estimate of drug-likeness (QED) is 0.709. The summed E-state index contributed by atoms with van der Waals surface area (Å²) >= 11 is 0. The van der Waals surface area contributed by atoms with Crippen LogP contribution in [0, 0.1) is 17.6 Å². The molecular weight excluding hydrogens is 270 g/mol. The van der Waals surface area contributed by atoms with Crippen LogP contribution in [-0.4, -0.2) is 5.78 Å². The number of halogens is 2. The van der Waals surface area contributed by atoms with Gasteiger partial charge in [0.05, 0.1) is 11.5 Å². The van der Waals surface area contributed by atoms with Crippen molar-refractivity contribution in [1.82, 2.24) is 0 Å². The van der Waals surface area contributed by atoms with Gasteiger partial charge in [-0.05, 0) is 23.6 Å². The Morgan fingerprint density at radius 2 is 1.76 bits per heavy atom. The predicted octanol–water partition coefficient (Wildman–Crippen LogP) is 4.98. The minimum Gasteiger partial charge on any atom is -0.293 e. The van der Waals surface area contributed by atoms with E-state index in [9.17, 15) is 13.6 Å². The molecular formula is C18H18F2O. The van der Waals surface area contributed by atoms with Crippen LogP contribution in [0.4, 0.5) is 8.78 Å². The third-order valence-corrected chi connectivity index (χ3v) is 3.85. The summed E-state index contributed by atoms with van der Waals surface area (Å²) < 4.78 is 26.9. The fourth-order valence-corrected chi connectivity index (χ4v) is 2.49. The van der Waals surface area contributed by atoms with Crippen molar-refractivity contribution in [3.8, 4) is 0 Å². The van der Waals surface area contributed by atoms with Gasteiger partial charge in [0.25, 0.3) is 0 Å². The fourth-order valence-electron chi connectivity index (χ4n) is 2.49. The zero-order valence-corrected chi connectivity index (χ0v) is 12.1. The first-order valence-corrected chi connectivity index (χ1v) is 7.08. The number of hydrogen-bond acceptors (Lipinski definition) is 1. The second-order valence-corrected chi connectivity index (χ2v) is 5.26. The molecule has 0 fully saturated rings. The molecule has 2 unspecified atom stereocenters. The largest absolute Gasteiger partial charge is 0.293 e. The lowest BCUT2D eigenvalue weighted by Crippen LogP contribution is -2.21. The maximum Gasteiger partial charge on any atom is 0.173 e. The highest BCUT2D eigenvalue weighted by atomic mass is 19.1. The van der Waals surface area contributed by atoms with E-state index in [4.69, 9.17) is 0 Å². The van der Waals surface area contributed by atoms with Gasteiger partial charge < -0.3 is 0 Å². The molecule has 0 aliphatic carbocycles. The van der Waals surface area contributed by atoms with Crippen LogP contribution in [0.3, 0.4) is 0 Å². The average Bonchev–Trinajstić information content (AvgIpc) is 2.48. The zero-order chi connectivity index (χ0) is 15.4. The van der Waals surface area contributed by atoms with E-state index in [1.54, 1.807) is 0 Å². The average molecular weight is 288 g/mol. The Kier molecular flexibility index (Phi) is 4.84. The van der Waals surface area contributed by atoms with Crippen LogP contribution in [0.25, 0.3) is 0 Å². The minimum atomic E-state index is -0.802. The van der Waals surface area contributed by atoms with E-state index in [0.717, 1.165) is 24.1 Å². The molecule has 0 radical (unpaired) electrons. The molecule has 0 aromatic heterocycles. The van der Waals surface area contributed by atoms with Crippen molar-refractivity contribution in [3.63, 3.8) is 0 Å². The van der Waals surface area contributed by atoms with Crippen molar-refractivity contribution in [1.29, 1.82) is 0 Å². The van der Waals surface area contributed by atoms with Crippen molar-refractivity contribution in [3.05, 3.63) is 71.3 Å². The summed E-state index contributed by atoms with van der Waals surface area (Å²) in [5, 5.41) is 0. The molecule has 0 heterocycles. The second-order valence-electron chi connectivity index (χ2n) is 5.26. The molecule has 2 atom stereocenters. The van der Waals surface area contributed by atoms with Crippen molar-refractivity contribution in [2.45, 2.75) is 26.2 Å². The van der Waals surface area contributed by atoms with Gasteiger partial charge in [-0.3, -0.25) is 4.79 Å². The molecule has 0 saturated carbocycles. The van der Waals surface area contributed by atoms with E-state index in [1.165, 1.54) is 6.07 Å².